The summed E-state index contributed by atoms with van der Waals surface area (Å²) in [5, 5.41) is 0. The molecule has 0 N–H and O–H groups in total. The standard InChI is InChI=1S/C15H17BrN2O3S/c1-15(2,3)13(20)17-14-18(8-12(19)21-4)10-6-5-9(16)7-11(10)22-14/h5-7H,8H2,1-4H3. The van der Waals surface area contributed by atoms with Gasteiger partial charge >= 0.3 is 5.97 Å². The molecule has 1 aromatic heterocycles. The summed E-state index contributed by atoms with van der Waals surface area (Å²) in [6, 6.07) is 5.71. The summed E-state index contributed by atoms with van der Waals surface area (Å²) in [6.07, 6.45) is 0. The predicted molar refractivity (Wildman–Crippen MR) is 89.6 cm³/mol. The van der Waals surface area contributed by atoms with Crippen LogP contribution in [0.1, 0.15) is 20.8 Å². The number of ether oxygens (including phenoxy) is 1. The van der Waals surface area contributed by atoms with Crippen molar-refractivity contribution in [3.8, 4) is 0 Å². The topological polar surface area (TPSA) is 60.7 Å². The van der Waals surface area contributed by atoms with Crippen molar-refractivity contribution in [2.45, 2.75) is 27.3 Å². The molecule has 0 atom stereocenters. The predicted octanol–water partition coefficient (Wildman–Crippen LogP) is 3.11. The second kappa shape index (κ2) is 6.34. The average Bonchev–Trinajstić information content (AvgIpc) is 2.74. The first-order valence-electron chi connectivity index (χ1n) is 6.67. The molecule has 0 aliphatic carbocycles. The quantitative estimate of drug-likeness (QED) is 0.747. The highest BCUT2D eigenvalue weighted by Crippen LogP contribution is 2.23. The number of carbonyl (C=O) groups is 2. The van der Waals surface area contributed by atoms with Gasteiger partial charge < -0.3 is 9.30 Å². The Labute approximate surface area is 140 Å². The van der Waals surface area contributed by atoms with Gasteiger partial charge in [-0.25, -0.2) is 0 Å². The summed E-state index contributed by atoms with van der Waals surface area (Å²) in [4.78, 5) is 28.5. The van der Waals surface area contributed by atoms with Gasteiger partial charge in [0, 0.05) is 9.89 Å². The molecule has 1 aromatic carbocycles. The summed E-state index contributed by atoms with van der Waals surface area (Å²) < 4.78 is 8.32. The van der Waals surface area contributed by atoms with E-state index in [2.05, 4.69) is 20.9 Å². The minimum atomic E-state index is -0.570. The van der Waals surface area contributed by atoms with Gasteiger partial charge in [0.15, 0.2) is 4.80 Å². The number of amides is 1. The Balaban J connectivity index is 2.66. The Morgan fingerprint density at radius 2 is 2.05 bits per heavy atom. The van der Waals surface area contributed by atoms with Crippen molar-refractivity contribution in [3.05, 3.63) is 27.5 Å². The molecule has 5 nitrogen and oxygen atoms in total. The molecule has 2 aromatic rings. The third-order valence-electron chi connectivity index (χ3n) is 3.00. The number of aromatic nitrogens is 1. The molecule has 0 radical (unpaired) electrons. The SMILES string of the molecule is COC(=O)Cn1c(=NC(=O)C(C)(C)C)sc2cc(Br)ccc21. The largest absolute Gasteiger partial charge is 0.468 e. The fourth-order valence-corrected chi connectivity index (χ4v) is 3.31. The lowest BCUT2D eigenvalue weighted by molar-refractivity contribution is -0.141. The van der Waals surface area contributed by atoms with Crippen molar-refractivity contribution >= 4 is 49.4 Å². The van der Waals surface area contributed by atoms with E-state index in [9.17, 15) is 9.59 Å². The van der Waals surface area contributed by atoms with Gasteiger partial charge in [0.2, 0.25) is 0 Å². The van der Waals surface area contributed by atoms with Gasteiger partial charge in [-0.15, -0.1) is 0 Å². The maximum absolute atomic E-state index is 12.2. The fourth-order valence-electron chi connectivity index (χ4n) is 1.73. The van der Waals surface area contributed by atoms with Gasteiger partial charge in [0.1, 0.15) is 6.54 Å². The first-order chi connectivity index (χ1) is 10.2. The maximum atomic E-state index is 12.2. The van der Waals surface area contributed by atoms with Crippen LogP contribution < -0.4 is 4.80 Å². The molecule has 0 saturated heterocycles. The van der Waals surface area contributed by atoms with Crippen molar-refractivity contribution in [3.63, 3.8) is 0 Å². The number of benzene rings is 1. The van der Waals surface area contributed by atoms with Crippen molar-refractivity contribution in [1.29, 1.82) is 0 Å². The Hall–Kier alpha value is -1.47. The van der Waals surface area contributed by atoms with E-state index in [0.29, 0.717) is 4.80 Å². The van der Waals surface area contributed by atoms with Gasteiger partial charge in [-0.1, -0.05) is 48.0 Å². The highest BCUT2D eigenvalue weighted by molar-refractivity contribution is 9.10. The molecule has 0 fully saturated rings. The zero-order chi connectivity index (χ0) is 16.5. The first kappa shape index (κ1) is 16.9. The Bertz CT molecular complexity index is 799. The summed E-state index contributed by atoms with van der Waals surface area (Å²) in [5.74, 6) is -0.607. The van der Waals surface area contributed by atoms with Crippen molar-refractivity contribution in [2.24, 2.45) is 10.4 Å². The molecular weight excluding hydrogens is 368 g/mol. The molecule has 0 unspecified atom stereocenters. The van der Waals surface area contributed by atoms with E-state index in [1.54, 1.807) is 4.57 Å². The number of methoxy groups -OCH3 is 1. The summed E-state index contributed by atoms with van der Waals surface area (Å²) in [5.41, 5.74) is 0.277. The summed E-state index contributed by atoms with van der Waals surface area (Å²) in [7, 11) is 1.34. The Morgan fingerprint density at radius 3 is 2.64 bits per heavy atom. The van der Waals surface area contributed by atoms with Gasteiger partial charge in [-0.05, 0) is 18.2 Å². The molecule has 1 amide bonds. The molecular formula is C15H17BrN2O3S. The lowest BCUT2D eigenvalue weighted by Crippen LogP contribution is -2.26. The number of fused-ring (bicyclic) bond motifs is 1. The smallest absolute Gasteiger partial charge is 0.325 e. The number of thiazole rings is 1. The Kier molecular flexibility index (Phi) is 4.87. The van der Waals surface area contributed by atoms with E-state index in [4.69, 9.17) is 4.74 Å². The van der Waals surface area contributed by atoms with Crippen LogP contribution in [0.4, 0.5) is 0 Å². The lowest BCUT2D eigenvalue weighted by atomic mass is 9.96. The molecule has 0 bridgehead atoms. The van der Waals surface area contributed by atoms with E-state index < -0.39 is 5.41 Å². The van der Waals surface area contributed by atoms with Crippen LogP contribution in [0, 0.1) is 5.41 Å². The second-order valence-electron chi connectivity index (χ2n) is 5.83. The first-order valence-corrected chi connectivity index (χ1v) is 8.28. The number of halogens is 1. The molecule has 7 heteroatoms. The highest BCUT2D eigenvalue weighted by Gasteiger charge is 2.21. The number of nitrogens with zero attached hydrogens (tertiary/aromatic N) is 2. The van der Waals surface area contributed by atoms with Crippen LogP contribution in [-0.2, 0) is 20.9 Å². The molecule has 0 saturated carbocycles. The third kappa shape index (κ3) is 3.64. The van der Waals surface area contributed by atoms with Crippen LogP contribution in [0.15, 0.2) is 27.7 Å². The number of esters is 1. The fraction of sp³-hybridized carbons (Fsp3) is 0.400. The van der Waals surface area contributed by atoms with E-state index in [1.807, 2.05) is 39.0 Å². The highest BCUT2D eigenvalue weighted by atomic mass is 79.9. The molecule has 2 rings (SSSR count). The summed E-state index contributed by atoms with van der Waals surface area (Å²) >= 11 is 4.79. The number of carbonyl (C=O) groups excluding carboxylic acids is 2. The molecule has 0 aliphatic rings. The van der Waals surface area contributed by atoms with Crippen molar-refractivity contribution in [1.82, 2.24) is 4.57 Å². The summed E-state index contributed by atoms with van der Waals surface area (Å²) in [6.45, 7) is 5.46. The third-order valence-corrected chi connectivity index (χ3v) is 4.53. The molecule has 1 heterocycles. The number of hydrogen-bond donors (Lipinski definition) is 0. The van der Waals surface area contributed by atoms with Crippen LogP contribution in [0.2, 0.25) is 0 Å². The Morgan fingerprint density at radius 1 is 1.36 bits per heavy atom. The molecule has 22 heavy (non-hydrogen) atoms. The minimum Gasteiger partial charge on any atom is -0.468 e. The molecule has 0 spiro atoms. The minimum absolute atomic E-state index is 0.0222. The zero-order valence-electron chi connectivity index (χ0n) is 12.8. The molecule has 118 valence electrons. The average molecular weight is 385 g/mol. The van der Waals surface area contributed by atoms with Crippen LogP contribution in [0.25, 0.3) is 10.2 Å². The van der Waals surface area contributed by atoms with Gasteiger partial charge in [-0.2, -0.15) is 4.99 Å². The maximum Gasteiger partial charge on any atom is 0.325 e. The van der Waals surface area contributed by atoms with Crippen LogP contribution in [0.3, 0.4) is 0 Å². The van der Waals surface area contributed by atoms with E-state index in [1.165, 1.54) is 18.4 Å². The monoisotopic (exact) mass is 384 g/mol. The number of rotatable bonds is 2. The van der Waals surface area contributed by atoms with Crippen LogP contribution in [0.5, 0.6) is 0 Å². The van der Waals surface area contributed by atoms with E-state index in [-0.39, 0.29) is 18.4 Å². The zero-order valence-corrected chi connectivity index (χ0v) is 15.2. The van der Waals surface area contributed by atoms with Crippen LogP contribution in [-0.4, -0.2) is 23.6 Å². The van der Waals surface area contributed by atoms with Gasteiger partial charge in [0.25, 0.3) is 5.91 Å². The van der Waals surface area contributed by atoms with Gasteiger partial charge in [0.05, 0.1) is 17.3 Å². The van der Waals surface area contributed by atoms with Crippen LogP contribution >= 0.6 is 27.3 Å². The lowest BCUT2D eigenvalue weighted by Gasteiger charge is -2.11. The second-order valence-corrected chi connectivity index (χ2v) is 7.75. The van der Waals surface area contributed by atoms with Crippen molar-refractivity contribution < 1.29 is 14.3 Å². The molecule has 0 aliphatic heterocycles. The van der Waals surface area contributed by atoms with Gasteiger partial charge in [-0.3, -0.25) is 9.59 Å². The van der Waals surface area contributed by atoms with Crippen molar-refractivity contribution in [2.75, 3.05) is 7.11 Å². The van der Waals surface area contributed by atoms with E-state index >= 15 is 0 Å². The normalized spacial score (nSPS) is 12.7. The van der Waals surface area contributed by atoms with E-state index in [0.717, 1.165) is 14.7 Å². The number of hydrogen-bond acceptors (Lipinski definition) is 4.